The van der Waals surface area contributed by atoms with Crippen molar-refractivity contribution in [2.24, 2.45) is 0 Å². The fourth-order valence-corrected chi connectivity index (χ4v) is 3.91. The second-order valence-electron chi connectivity index (χ2n) is 9.02. The number of carbonyl (C=O) groups excluding carboxylic acids is 1. The molecule has 34 heavy (non-hydrogen) atoms. The molecular weight excluding hydrogens is 420 g/mol. The molecular formula is C31H44O3. The van der Waals surface area contributed by atoms with E-state index >= 15 is 0 Å². The second-order valence-corrected chi connectivity index (χ2v) is 9.02. The van der Waals surface area contributed by atoms with Crippen LogP contribution in [0.2, 0.25) is 0 Å². The molecule has 186 valence electrons. The molecule has 0 aromatic heterocycles. The Morgan fingerprint density at radius 2 is 1.26 bits per heavy atom. The Bertz CT molecular complexity index is 797. The molecule has 2 aromatic carbocycles. The van der Waals surface area contributed by atoms with E-state index in [4.69, 9.17) is 9.47 Å². The van der Waals surface area contributed by atoms with Crippen LogP contribution < -0.4 is 4.74 Å². The summed E-state index contributed by atoms with van der Waals surface area (Å²) in [4.78, 5) is 12.3. The van der Waals surface area contributed by atoms with Gasteiger partial charge in [0.25, 0.3) is 0 Å². The Hall–Kier alpha value is -2.55. The molecule has 0 bridgehead atoms. The molecule has 0 saturated heterocycles. The molecule has 0 spiro atoms. The number of para-hydroxylation sites is 1. The topological polar surface area (TPSA) is 35.5 Å². The molecule has 0 aliphatic rings. The van der Waals surface area contributed by atoms with Crippen LogP contribution in [0.1, 0.15) is 107 Å². The summed E-state index contributed by atoms with van der Waals surface area (Å²) in [5.41, 5.74) is 0.526. The van der Waals surface area contributed by atoms with E-state index < -0.39 is 0 Å². The summed E-state index contributed by atoms with van der Waals surface area (Å²) >= 11 is 0. The maximum absolute atomic E-state index is 12.3. The standard InChI is InChI=1S/C31H44O3/c1-2-3-4-5-6-7-8-9-10-11-12-13-14-15-16-20-26-33-31(32)28-22-21-25-30(27-28)34-29-23-18-17-19-24-29/h9-10,17-19,21-25,27H,2-8,11-16,20,26H2,1H3/b10-9-. The zero-order valence-electron chi connectivity index (χ0n) is 21.2. The predicted octanol–water partition coefficient (Wildman–Crippen LogP) is 9.67. The first-order valence-electron chi connectivity index (χ1n) is 13.4. The summed E-state index contributed by atoms with van der Waals surface area (Å²) in [6.07, 6.45) is 22.5. The van der Waals surface area contributed by atoms with Gasteiger partial charge in [0.2, 0.25) is 0 Å². The van der Waals surface area contributed by atoms with Gasteiger partial charge in [-0.05, 0) is 62.4 Å². The lowest BCUT2D eigenvalue weighted by Crippen LogP contribution is -2.06. The number of hydrogen-bond donors (Lipinski definition) is 0. The van der Waals surface area contributed by atoms with Gasteiger partial charge in [0.05, 0.1) is 12.2 Å². The van der Waals surface area contributed by atoms with Crippen molar-refractivity contribution in [3.63, 3.8) is 0 Å². The van der Waals surface area contributed by atoms with E-state index in [0.717, 1.165) is 18.6 Å². The van der Waals surface area contributed by atoms with E-state index in [1.54, 1.807) is 12.1 Å². The van der Waals surface area contributed by atoms with Gasteiger partial charge in [0.1, 0.15) is 11.5 Å². The number of ether oxygens (including phenoxy) is 2. The normalized spacial score (nSPS) is 11.1. The maximum Gasteiger partial charge on any atom is 0.338 e. The molecule has 3 heteroatoms. The van der Waals surface area contributed by atoms with Crippen LogP contribution in [0.4, 0.5) is 0 Å². The summed E-state index contributed by atoms with van der Waals surface area (Å²) in [5.74, 6) is 1.10. The highest BCUT2D eigenvalue weighted by atomic mass is 16.5. The highest BCUT2D eigenvalue weighted by Gasteiger charge is 2.08. The zero-order chi connectivity index (χ0) is 24.1. The molecule has 0 unspecified atom stereocenters. The van der Waals surface area contributed by atoms with E-state index in [-0.39, 0.29) is 5.97 Å². The predicted molar refractivity (Wildman–Crippen MR) is 143 cm³/mol. The van der Waals surface area contributed by atoms with Gasteiger partial charge in [-0.25, -0.2) is 4.79 Å². The monoisotopic (exact) mass is 464 g/mol. The van der Waals surface area contributed by atoms with Crippen molar-refractivity contribution in [1.29, 1.82) is 0 Å². The van der Waals surface area contributed by atoms with Gasteiger partial charge < -0.3 is 9.47 Å². The van der Waals surface area contributed by atoms with Crippen LogP contribution in [0.3, 0.4) is 0 Å². The minimum Gasteiger partial charge on any atom is -0.462 e. The summed E-state index contributed by atoms with van der Waals surface area (Å²) in [7, 11) is 0. The van der Waals surface area contributed by atoms with Gasteiger partial charge in [-0.15, -0.1) is 0 Å². The number of allylic oxidation sites excluding steroid dienone is 2. The van der Waals surface area contributed by atoms with Crippen LogP contribution >= 0.6 is 0 Å². The number of esters is 1. The molecule has 2 rings (SSSR count). The van der Waals surface area contributed by atoms with Gasteiger partial charge in [0.15, 0.2) is 0 Å². The van der Waals surface area contributed by atoms with E-state index in [9.17, 15) is 4.79 Å². The van der Waals surface area contributed by atoms with E-state index in [1.807, 2.05) is 42.5 Å². The number of unbranched alkanes of at least 4 members (excludes halogenated alkanes) is 12. The van der Waals surface area contributed by atoms with Gasteiger partial charge in [-0.1, -0.05) is 101 Å². The molecule has 0 radical (unpaired) electrons. The van der Waals surface area contributed by atoms with E-state index in [2.05, 4.69) is 19.1 Å². The molecule has 3 nitrogen and oxygen atoms in total. The minimum atomic E-state index is -0.286. The molecule has 0 saturated carbocycles. The first-order chi connectivity index (χ1) is 16.8. The summed E-state index contributed by atoms with van der Waals surface area (Å²) in [6, 6.07) is 16.7. The van der Waals surface area contributed by atoms with Gasteiger partial charge >= 0.3 is 5.97 Å². The lowest BCUT2D eigenvalue weighted by atomic mass is 10.1. The minimum absolute atomic E-state index is 0.286. The lowest BCUT2D eigenvalue weighted by Gasteiger charge is -2.08. The molecule has 0 aliphatic heterocycles. The summed E-state index contributed by atoms with van der Waals surface area (Å²) in [5, 5.41) is 0. The van der Waals surface area contributed by atoms with Crippen molar-refractivity contribution in [2.75, 3.05) is 6.61 Å². The number of benzene rings is 2. The fourth-order valence-electron chi connectivity index (χ4n) is 3.91. The molecule has 0 N–H and O–H groups in total. The first kappa shape index (κ1) is 27.7. The largest absolute Gasteiger partial charge is 0.462 e. The Balaban J connectivity index is 1.44. The van der Waals surface area contributed by atoms with Crippen LogP contribution in [0.5, 0.6) is 11.5 Å². The third-order valence-electron chi connectivity index (χ3n) is 5.94. The summed E-state index contributed by atoms with van der Waals surface area (Å²) in [6.45, 7) is 2.74. The highest BCUT2D eigenvalue weighted by Crippen LogP contribution is 2.22. The Kier molecular flexibility index (Phi) is 15.3. The van der Waals surface area contributed by atoms with Crippen LogP contribution in [-0.4, -0.2) is 12.6 Å². The van der Waals surface area contributed by atoms with Crippen molar-refractivity contribution in [2.45, 2.75) is 96.8 Å². The Labute approximate surface area is 207 Å². The third-order valence-corrected chi connectivity index (χ3v) is 5.94. The molecule has 0 fully saturated rings. The van der Waals surface area contributed by atoms with E-state index in [1.165, 1.54) is 77.0 Å². The van der Waals surface area contributed by atoms with Crippen LogP contribution in [0, 0.1) is 0 Å². The number of hydrogen-bond acceptors (Lipinski definition) is 3. The van der Waals surface area contributed by atoms with Crippen molar-refractivity contribution >= 4 is 5.97 Å². The fraction of sp³-hybridized carbons (Fsp3) is 0.516. The van der Waals surface area contributed by atoms with Crippen molar-refractivity contribution in [1.82, 2.24) is 0 Å². The summed E-state index contributed by atoms with van der Waals surface area (Å²) < 4.78 is 11.2. The van der Waals surface area contributed by atoms with Crippen LogP contribution in [0.25, 0.3) is 0 Å². The molecule has 2 aromatic rings. The van der Waals surface area contributed by atoms with Crippen LogP contribution in [-0.2, 0) is 4.74 Å². The Morgan fingerprint density at radius 3 is 1.94 bits per heavy atom. The van der Waals surface area contributed by atoms with Crippen LogP contribution in [0.15, 0.2) is 66.7 Å². The maximum atomic E-state index is 12.3. The van der Waals surface area contributed by atoms with E-state index in [0.29, 0.717) is 17.9 Å². The quantitative estimate of drug-likeness (QED) is 0.118. The second kappa shape index (κ2) is 18.8. The van der Waals surface area contributed by atoms with Crippen molar-refractivity contribution in [3.8, 4) is 11.5 Å². The van der Waals surface area contributed by atoms with Gasteiger partial charge in [0, 0.05) is 0 Å². The molecule has 0 atom stereocenters. The molecule has 0 aliphatic carbocycles. The number of rotatable bonds is 19. The smallest absolute Gasteiger partial charge is 0.338 e. The lowest BCUT2D eigenvalue weighted by molar-refractivity contribution is 0.0497. The average molecular weight is 465 g/mol. The highest BCUT2D eigenvalue weighted by molar-refractivity contribution is 5.89. The number of carbonyl (C=O) groups is 1. The van der Waals surface area contributed by atoms with Gasteiger partial charge in [-0.2, -0.15) is 0 Å². The van der Waals surface area contributed by atoms with Gasteiger partial charge in [-0.3, -0.25) is 0 Å². The third kappa shape index (κ3) is 13.2. The molecule has 0 heterocycles. The average Bonchev–Trinajstić information content (AvgIpc) is 2.86. The van der Waals surface area contributed by atoms with Crippen molar-refractivity contribution < 1.29 is 14.3 Å². The molecule has 0 amide bonds. The Morgan fingerprint density at radius 1 is 0.676 bits per heavy atom. The first-order valence-corrected chi connectivity index (χ1v) is 13.4. The zero-order valence-corrected chi connectivity index (χ0v) is 21.2. The van der Waals surface area contributed by atoms with Crippen molar-refractivity contribution in [3.05, 3.63) is 72.3 Å². The SMILES string of the molecule is CCCCCCCC/C=C\CCCCCCCCOC(=O)c1cccc(Oc2ccccc2)c1.